The van der Waals surface area contributed by atoms with E-state index in [1.54, 1.807) is 0 Å². The van der Waals surface area contributed by atoms with Crippen LogP contribution in [0.25, 0.3) is 0 Å². The van der Waals surface area contributed by atoms with E-state index >= 15 is 0 Å². The van der Waals surface area contributed by atoms with Gasteiger partial charge in [-0.2, -0.15) is 13.2 Å². The average molecular weight is 641 g/mol. The first kappa shape index (κ1) is 37.8. The van der Waals surface area contributed by atoms with Crippen molar-refractivity contribution in [1.29, 1.82) is 0 Å². The maximum atomic E-state index is 12.1. The van der Waals surface area contributed by atoms with E-state index in [-0.39, 0.29) is 19.6 Å². The molecule has 0 bridgehead atoms. The minimum absolute atomic E-state index is 0.143. The van der Waals surface area contributed by atoms with Crippen LogP contribution in [-0.2, 0) is 15.1 Å². The molecule has 0 aromatic heterocycles. The molecule has 3 aromatic rings. The molecule has 1 N–H and O–H groups in total. The molecule has 3 aromatic carbocycles. The number of hydrogen-bond donors (Lipinski definition) is 1. The summed E-state index contributed by atoms with van der Waals surface area (Å²) in [5.41, 5.74) is 2.17. The van der Waals surface area contributed by atoms with Crippen LogP contribution in [0.5, 0.6) is 0 Å². The number of ether oxygens (including phenoxy) is 2. The second kappa shape index (κ2) is 22.0. The number of aliphatic hydroxyl groups is 1. The summed E-state index contributed by atoms with van der Waals surface area (Å²) in [6, 6.07) is 30.5. The maximum absolute atomic E-state index is 12.1. The Morgan fingerprint density at radius 1 is 0.478 bits per heavy atom. The Hall–Kier alpha value is -2.67. The number of hydrogen-bond acceptors (Lipinski definition) is 3. The van der Waals surface area contributed by atoms with Gasteiger partial charge in [0, 0.05) is 13.0 Å². The minimum Gasteiger partial charge on any atom is -0.388 e. The molecule has 0 saturated heterocycles. The molecule has 46 heavy (non-hydrogen) atoms. The van der Waals surface area contributed by atoms with Gasteiger partial charge in [-0.15, -0.1) is 0 Å². The summed E-state index contributed by atoms with van der Waals surface area (Å²) < 4.78 is 48.9. The number of halogens is 3. The molecule has 0 fully saturated rings. The fourth-order valence-electron chi connectivity index (χ4n) is 6.08. The predicted molar refractivity (Wildman–Crippen MR) is 182 cm³/mol. The van der Waals surface area contributed by atoms with Gasteiger partial charge in [0.2, 0.25) is 0 Å². The Labute approximate surface area is 275 Å². The Bertz CT molecular complexity index is 1040. The fraction of sp³-hybridized carbons (Fsp3) is 0.550. The highest BCUT2D eigenvalue weighted by Crippen LogP contribution is 2.40. The Kier molecular flexibility index (Phi) is 18.1. The van der Waals surface area contributed by atoms with Crippen LogP contribution >= 0.6 is 0 Å². The first-order chi connectivity index (χ1) is 22.4. The van der Waals surface area contributed by atoms with Crippen LogP contribution in [0.2, 0.25) is 0 Å². The molecule has 0 spiro atoms. The molecule has 0 amide bonds. The van der Waals surface area contributed by atoms with E-state index in [2.05, 4.69) is 36.4 Å². The van der Waals surface area contributed by atoms with Gasteiger partial charge in [0.25, 0.3) is 0 Å². The molecule has 0 aliphatic heterocycles. The molecule has 0 aliphatic rings. The van der Waals surface area contributed by atoms with Crippen LogP contribution in [0.4, 0.5) is 13.2 Å². The highest BCUT2D eigenvalue weighted by Gasteiger charge is 2.38. The number of unbranched alkanes of at least 4 members (excludes halogenated alkanes) is 14. The summed E-state index contributed by atoms with van der Waals surface area (Å²) in [7, 11) is 0. The van der Waals surface area contributed by atoms with Gasteiger partial charge in [0.05, 0.1) is 13.2 Å². The Morgan fingerprint density at radius 2 is 0.826 bits per heavy atom. The van der Waals surface area contributed by atoms with Gasteiger partial charge in [-0.1, -0.05) is 174 Å². The molecule has 0 aliphatic carbocycles. The van der Waals surface area contributed by atoms with Gasteiger partial charge in [-0.3, -0.25) is 0 Å². The van der Waals surface area contributed by atoms with Gasteiger partial charge >= 0.3 is 6.18 Å². The van der Waals surface area contributed by atoms with Gasteiger partial charge in [-0.05, 0) is 29.5 Å². The smallest absolute Gasteiger partial charge is 0.388 e. The molecule has 0 heterocycles. The molecule has 1 atom stereocenters. The van der Waals surface area contributed by atoms with E-state index in [9.17, 15) is 18.3 Å². The van der Waals surface area contributed by atoms with Crippen molar-refractivity contribution in [2.24, 2.45) is 0 Å². The molecule has 3 rings (SSSR count). The van der Waals surface area contributed by atoms with Crippen molar-refractivity contribution in [3.05, 3.63) is 108 Å². The molecule has 3 nitrogen and oxygen atoms in total. The Balaban J connectivity index is 1.24. The zero-order chi connectivity index (χ0) is 32.8. The second-order valence-corrected chi connectivity index (χ2v) is 12.5. The fourth-order valence-corrected chi connectivity index (χ4v) is 6.08. The lowest BCUT2D eigenvalue weighted by Gasteiger charge is -2.36. The van der Waals surface area contributed by atoms with Crippen LogP contribution in [0.3, 0.4) is 0 Å². The molecule has 0 unspecified atom stereocenters. The van der Waals surface area contributed by atoms with E-state index in [4.69, 9.17) is 9.47 Å². The summed E-state index contributed by atoms with van der Waals surface area (Å²) in [6.45, 7) is 1.02. The van der Waals surface area contributed by atoms with Crippen molar-refractivity contribution in [3.63, 3.8) is 0 Å². The Morgan fingerprint density at radius 3 is 1.20 bits per heavy atom. The lowest BCUT2D eigenvalue weighted by atomic mass is 9.80. The SMILES string of the molecule is O[C@H](COCCCCCCCCCCCCCCCCCC(F)(F)F)COC(c1ccccc1)(c1ccccc1)c1ccccc1. The van der Waals surface area contributed by atoms with E-state index in [1.807, 2.05) is 54.6 Å². The number of rotatable bonds is 25. The van der Waals surface area contributed by atoms with Crippen LogP contribution in [0.15, 0.2) is 91.0 Å². The second-order valence-electron chi connectivity index (χ2n) is 12.5. The summed E-state index contributed by atoms with van der Waals surface area (Å²) in [5.74, 6) is 0. The molecular weight excluding hydrogens is 585 g/mol. The summed E-state index contributed by atoms with van der Waals surface area (Å²) >= 11 is 0. The number of alkyl halides is 3. The normalized spacial score (nSPS) is 12.8. The summed E-state index contributed by atoms with van der Waals surface area (Å²) in [6.07, 6.45) is 10.8. The highest BCUT2D eigenvalue weighted by molar-refractivity contribution is 5.47. The molecule has 0 radical (unpaired) electrons. The topological polar surface area (TPSA) is 38.7 Å². The van der Waals surface area contributed by atoms with Crippen LogP contribution in [0.1, 0.15) is 119 Å². The van der Waals surface area contributed by atoms with Gasteiger partial charge in [0.15, 0.2) is 0 Å². The van der Waals surface area contributed by atoms with Crippen molar-refractivity contribution in [1.82, 2.24) is 0 Å². The van der Waals surface area contributed by atoms with Gasteiger partial charge < -0.3 is 14.6 Å². The van der Waals surface area contributed by atoms with Crippen LogP contribution in [0, 0.1) is 0 Å². The third kappa shape index (κ3) is 14.4. The third-order valence-electron chi connectivity index (χ3n) is 8.59. The van der Waals surface area contributed by atoms with Crippen LogP contribution in [-0.4, -0.2) is 37.2 Å². The van der Waals surface area contributed by atoms with E-state index in [1.165, 1.54) is 51.4 Å². The lowest BCUT2D eigenvalue weighted by Crippen LogP contribution is -2.36. The lowest BCUT2D eigenvalue weighted by molar-refractivity contribution is -0.135. The van der Waals surface area contributed by atoms with Crippen molar-refractivity contribution in [2.45, 2.75) is 121 Å². The third-order valence-corrected chi connectivity index (χ3v) is 8.59. The van der Waals surface area contributed by atoms with E-state index in [0.29, 0.717) is 13.0 Å². The van der Waals surface area contributed by atoms with Gasteiger partial charge in [0.1, 0.15) is 11.7 Å². The molecular formula is C40H55F3O3. The first-order valence-corrected chi connectivity index (χ1v) is 17.5. The van der Waals surface area contributed by atoms with E-state index in [0.717, 1.165) is 48.8 Å². The van der Waals surface area contributed by atoms with Crippen molar-refractivity contribution < 1.29 is 27.8 Å². The predicted octanol–water partition coefficient (Wildman–Crippen LogP) is 11.2. The van der Waals surface area contributed by atoms with Crippen molar-refractivity contribution >= 4 is 0 Å². The van der Waals surface area contributed by atoms with Gasteiger partial charge in [-0.25, -0.2) is 0 Å². The number of benzene rings is 3. The standard InChI is InChI=1S/C40H55F3O3/c41-39(42,43)31-23-12-10-8-6-4-2-1-3-5-7-9-11-13-24-32-45-33-38(44)34-46-40(35-25-17-14-18-26-35,36-27-19-15-20-28-36)37-29-21-16-22-30-37/h14-22,25-30,38,44H,1-13,23-24,31-34H2/t38-/m1/s1. The maximum Gasteiger partial charge on any atom is 0.389 e. The zero-order valence-electron chi connectivity index (χ0n) is 27.6. The van der Waals surface area contributed by atoms with Crippen LogP contribution < -0.4 is 0 Å². The highest BCUT2D eigenvalue weighted by atomic mass is 19.4. The molecule has 0 saturated carbocycles. The number of aliphatic hydroxyl groups excluding tert-OH is 1. The molecule has 254 valence electrons. The van der Waals surface area contributed by atoms with E-state index < -0.39 is 24.3 Å². The van der Waals surface area contributed by atoms with Crippen molar-refractivity contribution in [2.75, 3.05) is 19.8 Å². The zero-order valence-corrected chi connectivity index (χ0v) is 27.6. The first-order valence-electron chi connectivity index (χ1n) is 17.5. The summed E-state index contributed by atoms with van der Waals surface area (Å²) in [4.78, 5) is 0. The monoisotopic (exact) mass is 640 g/mol. The van der Waals surface area contributed by atoms with Crippen molar-refractivity contribution in [3.8, 4) is 0 Å². The minimum atomic E-state index is -4.00. The largest absolute Gasteiger partial charge is 0.389 e. The quantitative estimate of drug-likeness (QED) is 0.0740. The molecule has 6 heteroatoms. The summed E-state index contributed by atoms with van der Waals surface area (Å²) in [5, 5.41) is 10.8. The average Bonchev–Trinajstić information content (AvgIpc) is 3.07.